The molecule has 4 aliphatic rings. The van der Waals surface area contributed by atoms with Crippen LogP contribution in [-0.2, 0) is 32.5 Å². The standard InChI is InChI=1S/C67H61BrO/c1-62(2,3)41-18-24-46-47-25-19-42(63(4,5)6)31-56(47)66(55(46)30-41)54-29-40(39-15-13-38(37-69)14-16-39)17-23-50(54)52-35-61-53(36-60(52)66)51-28-22-45(68)34-59(51)67(61)57-32-43(64(7,8)9)20-26-48(57)49-27-21-44(33-58(49)67)65(10,11)12/h13-37H,1-12H3. The van der Waals surface area contributed by atoms with Gasteiger partial charge < -0.3 is 0 Å². The Bertz CT molecular complexity index is 3420. The van der Waals surface area contributed by atoms with E-state index in [2.05, 4.69) is 232 Å². The molecule has 0 saturated carbocycles. The lowest BCUT2D eigenvalue weighted by Gasteiger charge is -2.34. The fourth-order valence-electron chi connectivity index (χ4n) is 12.7. The molecule has 0 bridgehead atoms. The van der Waals surface area contributed by atoms with Crippen molar-refractivity contribution in [1.82, 2.24) is 0 Å². The summed E-state index contributed by atoms with van der Waals surface area (Å²) in [6, 6.07) is 57.1. The van der Waals surface area contributed by atoms with Crippen molar-refractivity contribution in [3.8, 4) is 55.6 Å². The zero-order valence-corrected chi connectivity index (χ0v) is 43.8. The Hall–Kier alpha value is -6.09. The van der Waals surface area contributed by atoms with Crippen molar-refractivity contribution in [3.63, 3.8) is 0 Å². The van der Waals surface area contributed by atoms with Crippen molar-refractivity contribution < 1.29 is 4.79 Å². The quantitative estimate of drug-likeness (QED) is 0.158. The van der Waals surface area contributed by atoms with Gasteiger partial charge in [-0.25, -0.2) is 0 Å². The molecule has 0 fully saturated rings. The maximum Gasteiger partial charge on any atom is 0.150 e. The summed E-state index contributed by atoms with van der Waals surface area (Å²) < 4.78 is 1.09. The largest absolute Gasteiger partial charge is 0.298 e. The number of hydrogen-bond acceptors (Lipinski definition) is 1. The molecule has 0 atom stereocenters. The smallest absolute Gasteiger partial charge is 0.150 e. The maximum atomic E-state index is 11.9. The normalized spacial score (nSPS) is 15.3. The summed E-state index contributed by atoms with van der Waals surface area (Å²) in [5.41, 5.74) is 28.2. The highest BCUT2D eigenvalue weighted by Gasteiger charge is 2.57. The highest BCUT2D eigenvalue weighted by Crippen LogP contribution is 2.69. The van der Waals surface area contributed by atoms with Crippen LogP contribution in [0.25, 0.3) is 55.6 Å². The minimum atomic E-state index is -0.610. The van der Waals surface area contributed by atoms with Gasteiger partial charge in [0, 0.05) is 10.0 Å². The van der Waals surface area contributed by atoms with E-state index in [9.17, 15) is 4.79 Å². The first-order valence-corrected chi connectivity index (χ1v) is 25.7. The second-order valence-corrected chi connectivity index (χ2v) is 25.6. The molecule has 0 heterocycles. The van der Waals surface area contributed by atoms with Crippen molar-refractivity contribution in [2.75, 3.05) is 0 Å². The van der Waals surface area contributed by atoms with Gasteiger partial charge in [-0.3, -0.25) is 4.79 Å². The average molecular weight is 962 g/mol. The SMILES string of the molecule is CC(C)(C)c1ccc2c(c1)C1(c3cc(Br)ccc3-c3cc4c(cc31)-c1ccc(-c3ccc(C=O)cc3)cc1C41c3cc(C(C)(C)C)ccc3-c3ccc(C(C)(C)C)cc31)c1cc(C(C)(C)C)ccc1-2. The molecule has 12 rings (SSSR count). The van der Waals surface area contributed by atoms with Crippen LogP contribution in [-0.4, -0.2) is 6.29 Å². The highest BCUT2D eigenvalue weighted by atomic mass is 79.9. The van der Waals surface area contributed by atoms with E-state index < -0.39 is 10.8 Å². The molecule has 1 nitrogen and oxygen atoms in total. The summed E-state index contributed by atoms with van der Waals surface area (Å²) in [5.74, 6) is 0. The molecule has 0 saturated heterocycles. The zero-order chi connectivity index (χ0) is 48.5. The lowest BCUT2D eigenvalue weighted by molar-refractivity contribution is 0.112. The molecular formula is C67H61BrO. The van der Waals surface area contributed by atoms with Crippen molar-refractivity contribution in [1.29, 1.82) is 0 Å². The van der Waals surface area contributed by atoms with Gasteiger partial charge in [0.25, 0.3) is 0 Å². The molecule has 0 aliphatic heterocycles. The first-order chi connectivity index (χ1) is 32.6. The van der Waals surface area contributed by atoms with Gasteiger partial charge in [-0.15, -0.1) is 0 Å². The summed E-state index contributed by atoms with van der Waals surface area (Å²) in [6.45, 7) is 28.1. The van der Waals surface area contributed by atoms with Gasteiger partial charge in [0.2, 0.25) is 0 Å². The summed E-state index contributed by atoms with van der Waals surface area (Å²) in [7, 11) is 0. The molecule has 0 amide bonds. The molecule has 342 valence electrons. The van der Waals surface area contributed by atoms with E-state index in [0.29, 0.717) is 5.56 Å². The number of carbonyl (C=O) groups is 1. The Morgan fingerprint density at radius 2 is 0.609 bits per heavy atom. The van der Waals surface area contributed by atoms with Gasteiger partial charge in [0.15, 0.2) is 0 Å². The fourth-order valence-corrected chi connectivity index (χ4v) is 13.1. The number of hydrogen-bond donors (Lipinski definition) is 0. The summed E-state index contributed by atoms with van der Waals surface area (Å²) in [4.78, 5) is 11.9. The summed E-state index contributed by atoms with van der Waals surface area (Å²) in [5, 5.41) is 0. The Balaban J connectivity index is 1.25. The predicted octanol–water partition coefficient (Wildman–Crippen LogP) is 17.8. The zero-order valence-electron chi connectivity index (χ0n) is 42.2. The van der Waals surface area contributed by atoms with Gasteiger partial charge in [-0.2, -0.15) is 0 Å². The second-order valence-electron chi connectivity index (χ2n) is 24.7. The molecule has 2 heteroatoms. The predicted molar refractivity (Wildman–Crippen MR) is 292 cm³/mol. The van der Waals surface area contributed by atoms with Crippen LogP contribution < -0.4 is 0 Å². The Labute approximate surface area is 418 Å². The molecule has 8 aromatic rings. The second kappa shape index (κ2) is 14.3. The van der Waals surface area contributed by atoms with E-state index in [1.165, 1.54) is 111 Å². The van der Waals surface area contributed by atoms with Gasteiger partial charge in [-0.1, -0.05) is 214 Å². The van der Waals surface area contributed by atoms with Crippen molar-refractivity contribution in [2.24, 2.45) is 0 Å². The summed E-state index contributed by atoms with van der Waals surface area (Å²) in [6.07, 6.45) is 0.932. The average Bonchev–Trinajstić information content (AvgIpc) is 3.96. The number of benzene rings is 8. The first-order valence-electron chi connectivity index (χ1n) is 24.9. The minimum absolute atomic E-state index is 0.0430. The van der Waals surface area contributed by atoms with E-state index in [0.717, 1.165) is 21.9 Å². The molecule has 0 unspecified atom stereocenters. The van der Waals surface area contributed by atoms with E-state index in [1.54, 1.807) is 0 Å². The minimum Gasteiger partial charge on any atom is -0.298 e. The maximum absolute atomic E-state index is 11.9. The van der Waals surface area contributed by atoms with E-state index in [1.807, 2.05) is 12.1 Å². The lowest BCUT2D eigenvalue weighted by atomic mass is 9.67. The van der Waals surface area contributed by atoms with Crippen LogP contribution in [0.1, 0.15) is 160 Å². The van der Waals surface area contributed by atoms with Crippen molar-refractivity contribution in [2.45, 2.75) is 116 Å². The van der Waals surface area contributed by atoms with Crippen LogP contribution >= 0.6 is 15.9 Å². The number of fused-ring (bicyclic) bond motifs is 20. The Kier molecular flexibility index (Phi) is 9.12. The third kappa shape index (κ3) is 6.03. The van der Waals surface area contributed by atoms with Crippen LogP contribution in [0.4, 0.5) is 0 Å². The molecule has 0 N–H and O–H groups in total. The number of rotatable bonds is 2. The lowest BCUT2D eigenvalue weighted by Crippen LogP contribution is -2.28. The highest BCUT2D eigenvalue weighted by molar-refractivity contribution is 9.10. The van der Waals surface area contributed by atoms with Crippen LogP contribution in [0, 0.1) is 0 Å². The van der Waals surface area contributed by atoms with Crippen molar-refractivity contribution in [3.05, 3.63) is 222 Å². The van der Waals surface area contributed by atoms with E-state index in [4.69, 9.17) is 0 Å². The number of aldehydes is 1. The molecule has 0 aromatic heterocycles. The fraction of sp³-hybridized carbons (Fsp3) is 0.269. The monoisotopic (exact) mass is 960 g/mol. The third-order valence-electron chi connectivity index (χ3n) is 16.5. The van der Waals surface area contributed by atoms with E-state index in [-0.39, 0.29) is 21.7 Å². The summed E-state index contributed by atoms with van der Waals surface area (Å²) >= 11 is 4.03. The van der Waals surface area contributed by atoms with Crippen LogP contribution in [0.3, 0.4) is 0 Å². The third-order valence-corrected chi connectivity index (χ3v) is 17.0. The Morgan fingerprint density at radius 1 is 0.319 bits per heavy atom. The molecular weight excluding hydrogens is 901 g/mol. The topological polar surface area (TPSA) is 17.1 Å². The van der Waals surface area contributed by atoms with Gasteiger partial charge >= 0.3 is 0 Å². The van der Waals surface area contributed by atoms with Crippen molar-refractivity contribution >= 4 is 22.2 Å². The van der Waals surface area contributed by atoms with Crippen LogP contribution in [0.2, 0.25) is 0 Å². The van der Waals surface area contributed by atoms with Crippen LogP contribution in [0.5, 0.6) is 0 Å². The van der Waals surface area contributed by atoms with Gasteiger partial charge in [-0.05, 0) is 174 Å². The van der Waals surface area contributed by atoms with Crippen LogP contribution in [0.15, 0.2) is 150 Å². The van der Waals surface area contributed by atoms with E-state index >= 15 is 0 Å². The first kappa shape index (κ1) is 44.1. The molecule has 0 radical (unpaired) electrons. The molecule has 8 aromatic carbocycles. The molecule has 4 aliphatic carbocycles. The molecule has 69 heavy (non-hydrogen) atoms. The van der Waals surface area contributed by atoms with Gasteiger partial charge in [0.05, 0.1) is 10.8 Å². The Morgan fingerprint density at radius 3 is 0.971 bits per heavy atom. The number of halogens is 1. The van der Waals surface area contributed by atoms with Gasteiger partial charge in [0.1, 0.15) is 6.29 Å². The number of carbonyl (C=O) groups excluding carboxylic acids is 1. The molecule has 2 spiro atoms.